The molecule has 36 heavy (non-hydrogen) atoms. The van der Waals surface area contributed by atoms with Gasteiger partial charge >= 0.3 is 0 Å². The number of amides is 1. The maximum absolute atomic E-state index is 12.7. The van der Waals surface area contributed by atoms with Gasteiger partial charge < -0.3 is 24.4 Å². The van der Waals surface area contributed by atoms with Crippen molar-refractivity contribution < 1.29 is 9.53 Å². The fraction of sp³-hybridized carbons (Fsp3) is 0.556. The van der Waals surface area contributed by atoms with Crippen molar-refractivity contribution in [2.24, 2.45) is 5.41 Å². The molecule has 1 aromatic carbocycles. The van der Waals surface area contributed by atoms with Gasteiger partial charge in [0.15, 0.2) is 17.0 Å². The average molecular weight is 492 g/mol. The van der Waals surface area contributed by atoms with Gasteiger partial charge in [-0.1, -0.05) is 51.1 Å². The van der Waals surface area contributed by atoms with Crippen LogP contribution in [0, 0.1) is 5.41 Å². The highest BCUT2D eigenvalue weighted by atomic mass is 16.5. The van der Waals surface area contributed by atoms with E-state index in [2.05, 4.69) is 52.7 Å². The molecule has 9 heteroatoms. The molecule has 2 aromatic heterocycles. The quantitative estimate of drug-likeness (QED) is 0.541. The molecule has 1 unspecified atom stereocenters. The van der Waals surface area contributed by atoms with E-state index in [4.69, 9.17) is 14.7 Å². The summed E-state index contributed by atoms with van der Waals surface area (Å²) in [5.74, 6) is 1.64. The Bertz CT molecular complexity index is 1170. The molecule has 192 valence electrons. The van der Waals surface area contributed by atoms with Crippen molar-refractivity contribution in [3.8, 4) is 0 Å². The maximum Gasteiger partial charge on any atom is 0.229 e. The first-order chi connectivity index (χ1) is 17.4. The third kappa shape index (κ3) is 5.78. The zero-order valence-corrected chi connectivity index (χ0v) is 21.6. The molecule has 1 N–H and O–H groups in total. The van der Waals surface area contributed by atoms with Gasteiger partial charge in [0, 0.05) is 45.8 Å². The van der Waals surface area contributed by atoms with Crippen molar-refractivity contribution in [2.45, 2.75) is 52.7 Å². The first-order valence-corrected chi connectivity index (χ1v) is 13.0. The second-order valence-electron chi connectivity index (χ2n) is 11.0. The average Bonchev–Trinajstić information content (AvgIpc) is 3.53. The van der Waals surface area contributed by atoms with Crippen LogP contribution >= 0.6 is 0 Å². The number of benzene rings is 1. The third-order valence-electron chi connectivity index (χ3n) is 6.77. The van der Waals surface area contributed by atoms with E-state index in [1.807, 2.05) is 29.4 Å². The summed E-state index contributed by atoms with van der Waals surface area (Å²) in [6.07, 6.45) is 4.76. The van der Waals surface area contributed by atoms with Gasteiger partial charge in [0.05, 0.1) is 19.0 Å². The second-order valence-corrected chi connectivity index (χ2v) is 11.0. The lowest BCUT2D eigenvalue weighted by atomic mass is 9.91. The molecular formula is C27H37N7O2. The van der Waals surface area contributed by atoms with E-state index >= 15 is 0 Å². The molecule has 0 bridgehead atoms. The Labute approximate surface area is 212 Å². The topological polar surface area (TPSA) is 88.4 Å². The minimum absolute atomic E-state index is 0.0108. The molecule has 0 spiro atoms. The molecule has 3 aromatic rings. The largest absolute Gasteiger partial charge is 0.376 e. The van der Waals surface area contributed by atoms with Crippen molar-refractivity contribution in [3.63, 3.8) is 0 Å². The zero-order chi connectivity index (χ0) is 25.1. The summed E-state index contributed by atoms with van der Waals surface area (Å²) in [6, 6.07) is 10.3. The number of imidazole rings is 1. The summed E-state index contributed by atoms with van der Waals surface area (Å²) in [7, 11) is 0. The van der Waals surface area contributed by atoms with Gasteiger partial charge in [-0.05, 0) is 23.8 Å². The van der Waals surface area contributed by atoms with Gasteiger partial charge in [0.2, 0.25) is 11.9 Å². The summed E-state index contributed by atoms with van der Waals surface area (Å²) < 4.78 is 7.89. The van der Waals surface area contributed by atoms with Crippen molar-refractivity contribution >= 4 is 28.8 Å². The van der Waals surface area contributed by atoms with Crippen LogP contribution in [0.5, 0.6) is 0 Å². The van der Waals surface area contributed by atoms with Crippen molar-refractivity contribution in [1.29, 1.82) is 0 Å². The summed E-state index contributed by atoms with van der Waals surface area (Å²) >= 11 is 0. The van der Waals surface area contributed by atoms with E-state index < -0.39 is 0 Å². The predicted octanol–water partition coefficient (Wildman–Crippen LogP) is 3.55. The van der Waals surface area contributed by atoms with Crippen LogP contribution in [0.25, 0.3) is 11.2 Å². The number of nitrogens with one attached hydrogen (secondary N) is 1. The van der Waals surface area contributed by atoms with Gasteiger partial charge in [0.1, 0.15) is 0 Å². The van der Waals surface area contributed by atoms with Crippen molar-refractivity contribution in [3.05, 3.63) is 42.2 Å². The Balaban J connectivity index is 1.38. The number of nitrogens with zero attached hydrogens (tertiary/aromatic N) is 6. The molecule has 4 heterocycles. The standard InChI is InChI=1S/C27H37N7O2/c1-27(2,3)16-22(35)32-11-13-33(14-12-32)26-30-24(28-17-21-10-7-15-36-21)23-25(31-26)34(19-29-23)18-20-8-5-4-6-9-20/h4-6,8-9,19,21H,7,10-18H2,1-3H3,(H,28,30,31). The highest BCUT2D eigenvalue weighted by Gasteiger charge is 2.27. The number of piperazine rings is 1. The fourth-order valence-electron chi connectivity index (χ4n) is 4.83. The van der Waals surface area contributed by atoms with Crippen LogP contribution in [0.2, 0.25) is 0 Å². The molecule has 2 aliphatic rings. The van der Waals surface area contributed by atoms with Gasteiger partial charge in [-0.2, -0.15) is 9.97 Å². The highest BCUT2D eigenvalue weighted by Crippen LogP contribution is 2.26. The predicted molar refractivity (Wildman–Crippen MR) is 141 cm³/mol. The number of carbonyl (C=O) groups is 1. The number of carbonyl (C=O) groups excluding carboxylic acids is 1. The molecule has 1 amide bonds. The number of hydrogen-bond acceptors (Lipinski definition) is 7. The molecule has 5 rings (SSSR count). The van der Waals surface area contributed by atoms with E-state index in [-0.39, 0.29) is 17.4 Å². The van der Waals surface area contributed by atoms with Gasteiger partial charge in [-0.25, -0.2) is 4.98 Å². The molecule has 2 saturated heterocycles. The molecule has 2 aliphatic heterocycles. The number of fused-ring (bicyclic) bond motifs is 1. The second kappa shape index (κ2) is 10.4. The van der Waals surface area contributed by atoms with Crippen LogP contribution in [0.1, 0.15) is 45.6 Å². The molecule has 0 radical (unpaired) electrons. The lowest BCUT2D eigenvalue weighted by molar-refractivity contribution is -0.133. The number of ether oxygens (including phenoxy) is 1. The molecule has 1 atom stereocenters. The number of hydrogen-bond donors (Lipinski definition) is 1. The zero-order valence-electron chi connectivity index (χ0n) is 21.6. The van der Waals surface area contributed by atoms with Gasteiger partial charge in [-0.15, -0.1) is 0 Å². The summed E-state index contributed by atoms with van der Waals surface area (Å²) in [5.41, 5.74) is 2.76. The SMILES string of the molecule is CC(C)(C)CC(=O)N1CCN(c2nc(NCC3CCCO3)c3ncn(Cc4ccccc4)c3n2)CC1. The smallest absolute Gasteiger partial charge is 0.229 e. The van der Waals surface area contributed by atoms with Crippen LogP contribution in [-0.4, -0.2) is 75.8 Å². The summed E-state index contributed by atoms with van der Waals surface area (Å²) in [6.45, 7) is 11.3. The lowest BCUT2D eigenvalue weighted by Crippen LogP contribution is -2.49. The maximum atomic E-state index is 12.7. The van der Waals surface area contributed by atoms with Crippen LogP contribution in [-0.2, 0) is 16.1 Å². The molecule has 9 nitrogen and oxygen atoms in total. The molecular weight excluding hydrogens is 454 g/mol. The minimum Gasteiger partial charge on any atom is -0.376 e. The Hall–Kier alpha value is -3.20. The van der Waals surface area contributed by atoms with E-state index in [0.29, 0.717) is 51.6 Å². The number of aromatic nitrogens is 4. The first-order valence-electron chi connectivity index (χ1n) is 13.0. The minimum atomic E-state index is -0.0108. The van der Waals surface area contributed by atoms with E-state index in [9.17, 15) is 4.79 Å². The highest BCUT2D eigenvalue weighted by molar-refractivity contribution is 5.84. The van der Waals surface area contributed by atoms with Crippen LogP contribution in [0.4, 0.5) is 11.8 Å². The molecule has 0 aliphatic carbocycles. The van der Waals surface area contributed by atoms with E-state index in [0.717, 1.165) is 36.4 Å². The normalized spacial score (nSPS) is 18.7. The van der Waals surface area contributed by atoms with Gasteiger partial charge in [-0.3, -0.25) is 4.79 Å². The fourth-order valence-corrected chi connectivity index (χ4v) is 4.83. The summed E-state index contributed by atoms with van der Waals surface area (Å²) in [5, 5.41) is 3.50. The van der Waals surface area contributed by atoms with Gasteiger partial charge in [0.25, 0.3) is 0 Å². The van der Waals surface area contributed by atoms with Crippen LogP contribution < -0.4 is 10.2 Å². The van der Waals surface area contributed by atoms with E-state index in [1.54, 1.807) is 0 Å². The van der Waals surface area contributed by atoms with Crippen molar-refractivity contribution in [1.82, 2.24) is 24.4 Å². The lowest BCUT2D eigenvalue weighted by Gasteiger charge is -2.36. The van der Waals surface area contributed by atoms with Crippen molar-refractivity contribution in [2.75, 3.05) is 49.5 Å². The van der Waals surface area contributed by atoms with Crippen LogP contribution in [0.15, 0.2) is 36.7 Å². The Morgan fingerprint density at radius 3 is 2.58 bits per heavy atom. The Kier molecular flexibility index (Phi) is 7.09. The van der Waals surface area contributed by atoms with E-state index in [1.165, 1.54) is 5.56 Å². The molecule has 2 fully saturated rings. The monoisotopic (exact) mass is 491 g/mol. The number of anilines is 2. The first kappa shape index (κ1) is 24.5. The molecule has 0 saturated carbocycles. The number of rotatable bonds is 7. The Morgan fingerprint density at radius 2 is 1.89 bits per heavy atom. The van der Waals surface area contributed by atoms with Crippen LogP contribution in [0.3, 0.4) is 0 Å². The third-order valence-corrected chi connectivity index (χ3v) is 6.77. The summed E-state index contributed by atoms with van der Waals surface area (Å²) in [4.78, 5) is 31.4. The Morgan fingerprint density at radius 1 is 1.11 bits per heavy atom.